The summed E-state index contributed by atoms with van der Waals surface area (Å²) in [5, 5.41) is 7.51. The maximum atomic E-state index is 5.38. The Hall–Kier alpha value is -1.84. The van der Waals surface area contributed by atoms with Gasteiger partial charge in [0.2, 0.25) is 5.89 Å². The fraction of sp³-hybridized carbons (Fsp3) is 0.429. The molecule has 2 heterocycles. The molecule has 0 spiro atoms. The minimum Gasteiger partial charge on any atom is -0.373 e. The molecule has 0 amide bonds. The minimum absolute atomic E-state index is 0.142. The predicted molar refractivity (Wildman–Crippen MR) is 67.2 cm³/mol. The lowest BCUT2D eigenvalue weighted by atomic mass is 10.1. The summed E-state index contributed by atoms with van der Waals surface area (Å²) < 4.78 is 5.38. The molecule has 1 aromatic carbocycles. The van der Waals surface area contributed by atoms with Crippen LogP contribution in [-0.4, -0.2) is 10.1 Å². The van der Waals surface area contributed by atoms with Gasteiger partial charge in [0.15, 0.2) is 5.82 Å². The number of hydrogen-bond acceptors (Lipinski definition) is 4. The molecular formula is C14H15N3O. The molecular weight excluding hydrogens is 226 g/mol. The van der Waals surface area contributed by atoms with Gasteiger partial charge in [-0.2, -0.15) is 4.98 Å². The first-order valence-corrected chi connectivity index (χ1v) is 6.55. The minimum atomic E-state index is 0.142. The average Bonchev–Trinajstić information content (AvgIpc) is 2.92. The van der Waals surface area contributed by atoms with Crippen LogP contribution in [0.3, 0.4) is 0 Å². The molecule has 2 aliphatic rings. The SMILES string of the molecule is c1ccc2c(c1)CC(c1nc(CC3CC3)no1)N2. The van der Waals surface area contributed by atoms with Crippen LogP contribution in [0.2, 0.25) is 0 Å². The number of nitrogens with zero attached hydrogens (tertiary/aromatic N) is 2. The first-order chi connectivity index (χ1) is 8.88. The van der Waals surface area contributed by atoms with Crippen molar-refractivity contribution in [3.05, 3.63) is 41.5 Å². The molecule has 1 aliphatic carbocycles. The van der Waals surface area contributed by atoms with Crippen molar-refractivity contribution in [2.45, 2.75) is 31.7 Å². The number of anilines is 1. The van der Waals surface area contributed by atoms with Crippen molar-refractivity contribution in [2.75, 3.05) is 5.32 Å². The molecule has 1 aliphatic heterocycles. The van der Waals surface area contributed by atoms with Crippen molar-refractivity contribution >= 4 is 5.69 Å². The molecule has 4 nitrogen and oxygen atoms in total. The largest absolute Gasteiger partial charge is 0.373 e. The molecule has 1 aromatic heterocycles. The van der Waals surface area contributed by atoms with Crippen molar-refractivity contribution in [2.24, 2.45) is 5.92 Å². The smallest absolute Gasteiger partial charge is 0.249 e. The third-order valence-electron chi connectivity index (χ3n) is 3.72. The number of fused-ring (bicyclic) bond motifs is 1. The number of para-hydroxylation sites is 1. The van der Waals surface area contributed by atoms with E-state index >= 15 is 0 Å². The fourth-order valence-corrected chi connectivity index (χ4v) is 2.52. The van der Waals surface area contributed by atoms with Crippen LogP contribution < -0.4 is 5.32 Å². The van der Waals surface area contributed by atoms with Gasteiger partial charge in [-0.15, -0.1) is 0 Å². The molecule has 0 saturated heterocycles. The lowest BCUT2D eigenvalue weighted by Gasteiger charge is -2.04. The van der Waals surface area contributed by atoms with Gasteiger partial charge in [-0.25, -0.2) is 0 Å². The molecule has 0 radical (unpaired) electrons. The number of aromatic nitrogens is 2. The first-order valence-electron chi connectivity index (χ1n) is 6.55. The zero-order chi connectivity index (χ0) is 11.9. The summed E-state index contributed by atoms with van der Waals surface area (Å²) in [6.45, 7) is 0. The van der Waals surface area contributed by atoms with E-state index in [1.807, 2.05) is 6.07 Å². The van der Waals surface area contributed by atoms with E-state index in [1.165, 1.54) is 24.1 Å². The van der Waals surface area contributed by atoms with Crippen LogP contribution in [0.15, 0.2) is 28.8 Å². The second kappa shape index (κ2) is 3.83. The molecule has 1 N–H and O–H groups in total. The highest BCUT2D eigenvalue weighted by Gasteiger charge is 2.28. The van der Waals surface area contributed by atoms with Crippen molar-refractivity contribution in [1.82, 2.24) is 10.1 Å². The van der Waals surface area contributed by atoms with Crippen molar-refractivity contribution in [1.29, 1.82) is 0 Å². The zero-order valence-electron chi connectivity index (χ0n) is 10.1. The highest BCUT2D eigenvalue weighted by atomic mass is 16.5. The third kappa shape index (κ3) is 1.78. The standard InChI is InChI=1S/C14H15N3O/c1-2-4-11-10(3-1)8-12(15-11)14-16-13(17-18-14)7-9-5-6-9/h1-4,9,12,15H,5-8H2. The summed E-state index contributed by atoms with van der Waals surface area (Å²) >= 11 is 0. The van der Waals surface area contributed by atoms with E-state index in [9.17, 15) is 0 Å². The molecule has 1 saturated carbocycles. The summed E-state index contributed by atoms with van der Waals surface area (Å²) in [5.41, 5.74) is 2.51. The zero-order valence-corrected chi connectivity index (χ0v) is 10.1. The maximum Gasteiger partial charge on any atom is 0.249 e. The van der Waals surface area contributed by atoms with Crippen LogP contribution >= 0.6 is 0 Å². The van der Waals surface area contributed by atoms with E-state index in [4.69, 9.17) is 4.52 Å². The topological polar surface area (TPSA) is 51.0 Å². The van der Waals surface area contributed by atoms with E-state index in [2.05, 4.69) is 33.7 Å². The van der Waals surface area contributed by atoms with Crippen LogP contribution in [0, 0.1) is 5.92 Å². The van der Waals surface area contributed by atoms with Crippen LogP contribution in [0.4, 0.5) is 5.69 Å². The highest BCUT2D eigenvalue weighted by molar-refractivity contribution is 5.56. The Labute approximate surface area is 105 Å². The number of hydrogen-bond donors (Lipinski definition) is 1. The summed E-state index contributed by atoms with van der Waals surface area (Å²) in [4.78, 5) is 4.52. The van der Waals surface area contributed by atoms with Gasteiger partial charge in [0.1, 0.15) is 6.04 Å². The second-order valence-electron chi connectivity index (χ2n) is 5.25. The Morgan fingerprint density at radius 3 is 3.00 bits per heavy atom. The molecule has 0 bridgehead atoms. The molecule has 18 heavy (non-hydrogen) atoms. The van der Waals surface area contributed by atoms with Crippen molar-refractivity contribution < 1.29 is 4.52 Å². The van der Waals surface area contributed by atoms with Crippen molar-refractivity contribution in [3.8, 4) is 0 Å². The Kier molecular flexibility index (Phi) is 2.15. The highest BCUT2D eigenvalue weighted by Crippen LogP contribution is 2.34. The van der Waals surface area contributed by atoms with Gasteiger partial charge in [-0.05, 0) is 30.4 Å². The Morgan fingerprint density at radius 1 is 1.28 bits per heavy atom. The van der Waals surface area contributed by atoms with E-state index < -0.39 is 0 Å². The van der Waals surface area contributed by atoms with Crippen LogP contribution in [0.5, 0.6) is 0 Å². The van der Waals surface area contributed by atoms with Crippen LogP contribution in [0.25, 0.3) is 0 Å². The molecule has 92 valence electrons. The molecule has 1 atom stereocenters. The summed E-state index contributed by atoms with van der Waals surface area (Å²) in [6.07, 6.45) is 4.54. The predicted octanol–water partition coefficient (Wildman–Crippen LogP) is 2.73. The number of nitrogens with one attached hydrogen (secondary N) is 1. The van der Waals surface area contributed by atoms with E-state index in [1.54, 1.807) is 0 Å². The molecule has 2 aromatic rings. The molecule has 4 rings (SSSR count). The van der Waals surface area contributed by atoms with Gasteiger partial charge >= 0.3 is 0 Å². The van der Waals surface area contributed by atoms with Gasteiger partial charge in [-0.3, -0.25) is 0 Å². The monoisotopic (exact) mass is 241 g/mol. The van der Waals surface area contributed by atoms with E-state index in [0.717, 1.165) is 30.5 Å². The van der Waals surface area contributed by atoms with Crippen LogP contribution in [-0.2, 0) is 12.8 Å². The summed E-state index contributed by atoms with van der Waals surface area (Å²) in [6, 6.07) is 8.49. The Balaban J connectivity index is 1.53. The van der Waals surface area contributed by atoms with Gasteiger partial charge in [0.25, 0.3) is 0 Å². The lowest BCUT2D eigenvalue weighted by molar-refractivity contribution is 0.359. The molecule has 4 heteroatoms. The van der Waals surface area contributed by atoms with E-state index in [-0.39, 0.29) is 6.04 Å². The van der Waals surface area contributed by atoms with Gasteiger partial charge in [-0.1, -0.05) is 23.4 Å². The van der Waals surface area contributed by atoms with Gasteiger partial charge in [0.05, 0.1) is 0 Å². The molecule has 1 unspecified atom stereocenters. The molecule has 1 fully saturated rings. The van der Waals surface area contributed by atoms with Crippen LogP contribution in [0.1, 0.15) is 36.2 Å². The average molecular weight is 241 g/mol. The third-order valence-corrected chi connectivity index (χ3v) is 3.72. The Bertz CT molecular complexity index is 549. The normalized spacial score (nSPS) is 21.7. The van der Waals surface area contributed by atoms with Crippen molar-refractivity contribution in [3.63, 3.8) is 0 Å². The first kappa shape index (κ1) is 10.1. The van der Waals surface area contributed by atoms with E-state index in [0.29, 0.717) is 0 Å². The summed E-state index contributed by atoms with van der Waals surface area (Å²) in [5.74, 6) is 2.39. The quantitative estimate of drug-likeness (QED) is 0.897. The lowest BCUT2D eigenvalue weighted by Crippen LogP contribution is -2.06. The van der Waals surface area contributed by atoms with Gasteiger partial charge < -0.3 is 9.84 Å². The maximum absolute atomic E-state index is 5.38. The Morgan fingerprint density at radius 2 is 2.17 bits per heavy atom. The summed E-state index contributed by atoms with van der Waals surface area (Å²) in [7, 11) is 0. The second-order valence-corrected chi connectivity index (χ2v) is 5.25. The number of rotatable bonds is 3. The fourth-order valence-electron chi connectivity index (χ4n) is 2.52. The van der Waals surface area contributed by atoms with Gasteiger partial charge in [0, 0.05) is 18.5 Å². The number of benzene rings is 1.